The van der Waals surface area contributed by atoms with Gasteiger partial charge in [0.1, 0.15) is 5.82 Å². The van der Waals surface area contributed by atoms with Crippen molar-refractivity contribution in [1.82, 2.24) is 0 Å². The van der Waals surface area contributed by atoms with Crippen LogP contribution >= 0.6 is 0 Å². The lowest BCUT2D eigenvalue weighted by Crippen LogP contribution is -2.40. The molecule has 0 fully saturated rings. The average molecular weight is 268 g/mol. The Morgan fingerprint density at radius 1 is 1.47 bits per heavy atom. The van der Waals surface area contributed by atoms with E-state index in [1.165, 1.54) is 0 Å². The van der Waals surface area contributed by atoms with E-state index in [-0.39, 0.29) is 17.2 Å². The maximum absolute atomic E-state index is 13.5. The van der Waals surface area contributed by atoms with E-state index in [1.807, 2.05) is 13.8 Å². The molecule has 4 N–H and O–H groups in total. The fourth-order valence-electron chi connectivity index (χ4n) is 1.48. The van der Waals surface area contributed by atoms with Gasteiger partial charge in [0, 0.05) is 0 Å². The zero-order valence-corrected chi connectivity index (χ0v) is 10.8. The summed E-state index contributed by atoms with van der Waals surface area (Å²) in [7, 11) is 0. The number of nitrogens with two attached hydrogens (primary N) is 1. The Balaban J connectivity index is 2.90. The molecule has 0 heterocycles. The third kappa shape index (κ3) is 3.75. The summed E-state index contributed by atoms with van der Waals surface area (Å²) in [6, 6.07) is 2.42. The molecule has 2 unspecified atom stereocenters. The first-order valence-corrected chi connectivity index (χ1v) is 5.96. The molecule has 104 valence electrons. The van der Waals surface area contributed by atoms with Crippen LogP contribution in [0.5, 0.6) is 0 Å². The molecule has 2 atom stereocenters. The van der Waals surface area contributed by atoms with Crippen LogP contribution in [0.25, 0.3) is 0 Å². The highest BCUT2D eigenvalue weighted by Crippen LogP contribution is 2.17. The van der Waals surface area contributed by atoms with Crippen molar-refractivity contribution in [2.75, 3.05) is 5.32 Å². The average Bonchev–Trinajstić information content (AvgIpc) is 2.38. The number of benzene rings is 1. The number of carboxylic acids is 1. The molecule has 0 spiro atoms. The number of carboxylic acid groups (broad SMARTS) is 1. The van der Waals surface area contributed by atoms with E-state index in [0.717, 1.165) is 18.2 Å². The van der Waals surface area contributed by atoms with Gasteiger partial charge in [0.15, 0.2) is 0 Å². The van der Waals surface area contributed by atoms with Crippen LogP contribution in [-0.4, -0.2) is 23.0 Å². The first-order chi connectivity index (χ1) is 8.86. The third-order valence-corrected chi connectivity index (χ3v) is 3.03. The lowest BCUT2D eigenvalue weighted by Gasteiger charge is -2.18. The van der Waals surface area contributed by atoms with Gasteiger partial charge in [-0.15, -0.1) is 0 Å². The summed E-state index contributed by atoms with van der Waals surface area (Å²) >= 11 is 0. The number of nitrogens with one attached hydrogen (secondary N) is 1. The first kappa shape index (κ1) is 15.1. The molecule has 19 heavy (non-hydrogen) atoms. The molecule has 5 nitrogen and oxygen atoms in total. The third-order valence-electron chi connectivity index (χ3n) is 3.03. The van der Waals surface area contributed by atoms with Crippen molar-refractivity contribution in [1.29, 1.82) is 0 Å². The van der Waals surface area contributed by atoms with Gasteiger partial charge in [-0.3, -0.25) is 4.79 Å². The van der Waals surface area contributed by atoms with Gasteiger partial charge in [0.2, 0.25) is 5.91 Å². The van der Waals surface area contributed by atoms with Gasteiger partial charge >= 0.3 is 5.97 Å². The predicted octanol–water partition coefficient (Wildman–Crippen LogP) is 1.84. The highest BCUT2D eigenvalue weighted by atomic mass is 19.1. The van der Waals surface area contributed by atoms with Gasteiger partial charge in [0.05, 0.1) is 17.3 Å². The number of anilines is 1. The monoisotopic (exact) mass is 268 g/mol. The number of hydrogen-bond acceptors (Lipinski definition) is 3. The van der Waals surface area contributed by atoms with Gasteiger partial charge in [-0.25, -0.2) is 9.18 Å². The highest BCUT2D eigenvalue weighted by Gasteiger charge is 2.20. The van der Waals surface area contributed by atoms with Gasteiger partial charge in [0.25, 0.3) is 0 Å². The minimum atomic E-state index is -1.19. The summed E-state index contributed by atoms with van der Waals surface area (Å²) in [6.45, 7) is 3.71. The second kappa shape index (κ2) is 6.29. The smallest absolute Gasteiger partial charge is 0.335 e. The molecular weight excluding hydrogens is 251 g/mol. The Kier molecular flexibility index (Phi) is 5.00. The van der Waals surface area contributed by atoms with Crippen molar-refractivity contribution in [3.05, 3.63) is 29.6 Å². The fraction of sp³-hybridized carbons (Fsp3) is 0.385. The molecule has 1 aromatic rings. The number of rotatable bonds is 5. The molecule has 0 aromatic heterocycles. The van der Waals surface area contributed by atoms with E-state index in [1.54, 1.807) is 0 Å². The fourth-order valence-corrected chi connectivity index (χ4v) is 1.48. The van der Waals surface area contributed by atoms with Gasteiger partial charge in [-0.05, 0) is 24.1 Å². The zero-order chi connectivity index (χ0) is 14.6. The topological polar surface area (TPSA) is 92.4 Å². The van der Waals surface area contributed by atoms with Crippen molar-refractivity contribution in [2.45, 2.75) is 26.3 Å². The van der Waals surface area contributed by atoms with Gasteiger partial charge in [-0.1, -0.05) is 20.3 Å². The van der Waals surface area contributed by atoms with Crippen LogP contribution in [0.1, 0.15) is 30.6 Å². The second-order valence-corrected chi connectivity index (χ2v) is 4.40. The SMILES string of the molecule is CCC(C)C(N)C(=O)Nc1cc(C(=O)O)ccc1F. The van der Waals surface area contributed by atoms with E-state index in [0.29, 0.717) is 6.42 Å². The van der Waals surface area contributed by atoms with Crippen LogP contribution in [0.15, 0.2) is 18.2 Å². The molecule has 0 aliphatic carbocycles. The number of halogens is 1. The summed E-state index contributed by atoms with van der Waals surface area (Å²) in [5, 5.41) is 11.1. The van der Waals surface area contributed by atoms with Gasteiger partial charge in [-0.2, -0.15) is 0 Å². The Labute approximate surface area is 110 Å². The van der Waals surface area contributed by atoms with Gasteiger partial charge < -0.3 is 16.2 Å². The van der Waals surface area contributed by atoms with E-state index in [2.05, 4.69) is 5.32 Å². The molecule has 0 aliphatic rings. The normalized spacial score (nSPS) is 13.7. The number of aromatic carboxylic acids is 1. The summed E-state index contributed by atoms with van der Waals surface area (Å²) < 4.78 is 13.5. The molecule has 0 radical (unpaired) electrons. The van der Waals surface area contributed by atoms with Crippen LogP contribution in [-0.2, 0) is 4.79 Å². The quantitative estimate of drug-likeness (QED) is 0.759. The maximum Gasteiger partial charge on any atom is 0.335 e. The minimum Gasteiger partial charge on any atom is -0.478 e. The van der Waals surface area contributed by atoms with Crippen LogP contribution in [0.3, 0.4) is 0 Å². The Morgan fingerprint density at radius 2 is 2.11 bits per heavy atom. The van der Waals surface area contributed by atoms with Crippen molar-refractivity contribution in [3.8, 4) is 0 Å². The second-order valence-electron chi connectivity index (χ2n) is 4.40. The summed E-state index contributed by atoms with van der Waals surface area (Å²) in [4.78, 5) is 22.6. The molecular formula is C13H17FN2O3. The lowest BCUT2D eigenvalue weighted by molar-refractivity contribution is -0.118. The minimum absolute atomic E-state index is 0.0503. The first-order valence-electron chi connectivity index (χ1n) is 5.96. The Bertz CT molecular complexity index is 491. The van der Waals surface area contributed by atoms with Crippen molar-refractivity contribution >= 4 is 17.6 Å². The molecule has 0 aliphatic heterocycles. The van der Waals surface area contributed by atoms with E-state index in [4.69, 9.17) is 10.8 Å². The molecule has 1 aromatic carbocycles. The Hall–Kier alpha value is -1.95. The summed E-state index contributed by atoms with van der Waals surface area (Å²) in [5.74, 6) is -2.47. The van der Waals surface area contributed by atoms with Crippen LogP contribution in [0, 0.1) is 11.7 Å². The molecule has 0 saturated heterocycles. The molecule has 1 amide bonds. The summed E-state index contributed by atoms with van der Waals surface area (Å²) in [6.07, 6.45) is 0.715. The molecule has 0 bridgehead atoms. The van der Waals surface area contributed by atoms with E-state index < -0.39 is 23.7 Å². The molecule has 1 rings (SSSR count). The summed E-state index contributed by atoms with van der Waals surface area (Å²) in [5.41, 5.74) is 5.44. The number of amides is 1. The standard InChI is InChI=1S/C13H17FN2O3/c1-3-7(2)11(15)12(17)16-10-6-8(13(18)19)4-5-9(10)14/h4-7,11H,3,15H2,1-2H3,(H,16,17)(H,18,19). The Morgan fingerprint density at radius 3 is 2.63 bits per heavy atom. The predicted molar refractivity (Wildman–Crippen MR) is 69.4 cm³/mol. The molecule has 0 saturated carbocycles. The number of carbonyl (C=O) groups is 2. The number of hydrogen-bond donors (Lipinski definition) is 3. The highest BCUT2D eigenvalue weighted by molar-refractivity contribution is 5.96. The maximum atomic E-state index is 13.5. The van der Waals surface area contributed by atoms with E-state index in [9.17, 15) is 14.0 Å². The van der Waals surface area contributed by atoms with Crippen molar-refractivity contribution in [2.24, 2.45) is 11.7 Å². The largest absolute Gasteiger partial charge is 0.478 e. The van der Waals surface area contributed by atoms with Crippen molar-refractivity contribution < 1.29 is 19.1 Å². The van der Waals surface area contributed by atoms with Crippen LogP contribution in [0.4, 0.5) is 10.1 Å². The lowest BCUT2D eigenvalue weighted by atomic mass is 9.99. The van der Waals surface area contributed by atoms with Crippen molar-refractivity contribution in [3.63, 3.8) is 0 Å². The van der Waals surface area contributed by atoms with E-state index >= 15 is 0 Å². The zero-order valence-electron chi connectivity index (χ0n) is 10.8. The molecule has 6 heteroatoms. The van der Waals surface area contributed by atoms with Crippen LogP contribution < -0.4 is 11.1 Å². The number of carbonyl (C=O) groups excluding carboxylic acids is 1. The van der Waals surface area contributed by atoms with Crippen LogP contribution in [0.2, 0.25) is 0 Å².